The molecule has 1 amide bonds. The number of methoxy groups -OCH3 is 1. The first-order valence-electron chi connectivity index (χ1n) is 6.79. The van der Waals surface area contributed by atoms with Crippen molar-refractivity contribution in [3.8, 4) is 0 Å². The minimum absolute atomic E-state index is 0.0448. The Morgan fingerprint density at radius 2 is 2.00 bits per heavy atom. The molecule has 1 aliphatic heterocycles. The summed E-state index contributed by atoms with van der Waals surface area (Å²) >= 11 is 0. The van der Waals surface area contributed by atoms with Gasteiger partial charge in [-0.15, -0.1) is 0 Å². The number of carbonyl (C=O) groups excluding carboxylic acids is 1. The summed E-state index contributed by atoms with van der Waals surface area (Å²) in [6.45, 7) is 4.96. The highest BCUT2D eigenvalue weighted by molar-refractivity contribution is 5.81. The maximum Gasteiger partial charge on any atom is 0.239 e. The van der Waals surface area contributed by atoms with Crippen LogP contribution in [0.3, 0.4) is 0 Å². The fourth-order valence-electron chi connectivity index (χ4n) is 2.36. The van der Waals surface area contributed by atoms with E-state index in [0.717, 1.165) is 25.9 Å². The zero-order chi connectivity index (χ0) is 13.5. The lowest BCUT2D eigenvalue weighted by Gasteiger charge is -2.33. The van der Waals surface area contributed by atoms with Crippen molar-refractivity contribution in [3.05, 3.63) is 0 Å². The van der Waals surface area contributed by atoms with Crippen LogP contribution in [-0.4, -0.2) is 68.2 Å². The molecule has 0 aromatic carbocycles. The van der Waals surface area contributed by atoms with E-state index in [1.165, 1.54) is 6.42 Å². The minimum atomic E-state index is -0.106. The Hall–Kier alpha value is -0.650. The topological polar surface area (TPSA) is 58.8 Å². The van der Waals surface area contributed by atoms with Crippen molar-refractivity contribution in [2.24, 2.45) is 5.73 Å². The molecule has 0 radical (unpaired) electrons. The standard InChI is InChI=1S/C13H27N3O2/c1-11(15(2)9-12(14)10-18-3)13(17)16-7-5-4-6-8-16/h11-12H,4-10,14H2,1-3H3. The summed E-state index contributed by atoms with van der Waals surface area (Å²) in [6.07, 6.45) is 3.50. The van der Waals surface area contributed by atoms with Gasteiger partial charge in [-0.25, -0.2) is 0 Å². The maximum absolute atomic E-state index is 12.3. The van der Waals surface area contributed by atoms with Crippen LogP contribution in [0.25, 0.3) is 0 Å². The number of amides is 1. The van der Waals surface area contributed by atoms with Gasteiger partial charge in [0.15, 0.2) is 0 Å². The molecule has 5 heteroatoms. The first-order chi connectivity index (χ1) is 8.56. The second kappa shape index (κ2) is 7.71. The van der Waals surface area contributed by atoms with Gasteiger partial charge in [0.1, 0.15) is 0 Å². The average molecular weight is 257 g/mol. The SMILES string of the molecule is COCC(N)CN(C)C(C)C(=O)N1CCCCC1. The van der Waals surface area contributed by atoms with Crippen LogP contribution < -0.4 is 5.73 Å². The van der Waals surface area contributed by atoms with Gasteiger partial charge >= 0.3 is 0 Å². The molecule has 0 aliphatic carbocycles. The number of carbonyl (C=O) groups is 1. The molecule has 5 nitrogen and oxygen atoms in total. The van der Waals surface area contributed by atoms with E-state index < -0.39 is 0 Å². The van der Waals surface area contributed by atoms with Gasteiger partial charge in [0.25, 0.3) is 0 Å². The predicted octanol–water partition coefficient (Wildman–Crippen LogP) is 0.293. The number of hydrogen-bond acceptors (Lipinski definition) is 4. The molecule has 0 spiro atoms. The Bertz CT molecular complexity index is 255. The van der Waals surface area contributed by atoms with E-state index in [9.17, 15) is 4.79 Å². The summed E-state index contributed by atoms with van der Waals surface area (Å²) < 4.78 is 5.01. The lowest BCUT2D eigenvalue weighted by Crippen LogP contribution is -2.50. The summed E-state index contributed by atoms with van der Waals surface area (Å²) in [4.78, 5) is 16.3. The Morgan fingerprint density at radius 3 is 2.56 bits per heavy atom. The molecule has 1 saturated heterocycles. The largest absolute Gasteiger partial charge is 0.383 e. The van der Waals surface area contributed by atoms with E-state index in [1.54, 1.807) is 7.11 Å². The zero-order valence-corrected chi connectivity index (χ0v) is 11.9. The van der Waals surface area contributed by atoms with Crippen LogP contribution in [0.15, 0.2) is 0 Å². The van der Waals surface area contributed by atoms with Crippen molar-refractivity contribution in [2.75, 3.05) is 40.4 Å². The van der Waals surface area contributed by atoms with E-state index in [-0.39, 0.29) is 18.0 Å². The molecule has 0 saturated carbocycles. The summed E-state index contributed by atoms with van der Waals surface area (Å²) in [7, 11) is 3.59. The number of hydrogen-bond donors (Lipinski definition) is 1. The molecular formula is C13H27N3O2. The molecule has 106 valence electrons. The monoisotopic (exact) mass is 257 g/mol. The van der Waals surface area contributed by atoms with Gasteiger partial charge in [0, 0.05) is 32.8 Å². The molecule has 2 N–H and O–H groups in total. The van der Waals surface area contributed by atoms with E-state index in [1.807, 2.05) is 23.8 Å². The molecule has 0 aromatic rings. The Balaban J connectivity index is 2.41. The highest BCUT2D eigenvalue weighted by atomic mass is 16.5. The lowest BCUT2D eigenvalue weighted by molar-refractivity contribution is -0.136. The Kier molecular flexibility index (Phi) is 6.60. The van der Waals surface area contributed by atoms with Crippen molar-refractivity contribution in [3.63, 3.8) is 0 Å². The van der Waals surface area contributed by atoms with Crippen LogP contribution in [-0.2, 0) is 9.53 Å². The van der Waals surface area contributed by atoms with Crippen LogP contribution in [0.4, 0.5) is 0 Å². The van der Waals surface area contributed by atoms with E-state index in [2.05, 4.69) is 0 Å². The maximum atomic E-state index is 12.3. The molecular weight excluding hydrogens is 230 g/mol. The highest BCUT2D eigenvalue weighted by Crippen LogP contribution is 2.11. The molecule has 18 heavy (non-hydrogen) atoms. The molecule has 0 bridgehead atoms. The molecule has 2 unspecified atom stereocenters. The van der Waals surface area contributed by atoms with Crippen LogP contribution >= 0.6 is 0 Å². The minimum Gasteiger partial charge on any atom is -0.383 e. The molecule has 1 aliphatic rings. The number of piperidine rings is 1. The van der Waals surface area contributed by atoms with Crippen LogP contribution in [0.2, 0.25) is 0 Å². The highest BCUT2D eigenvalue weighted by Gasteiger charge is 2.25. The van der Waals surface area contributed by atoms with Crippen molar-refractivity contribution in [1.82, 2.24) is 9.80 Å². The smallest absolute Gasteiger partial charge is 0.239 e. The summed E-state index contributed by atoms with van der Waals surface area (Å²) in [5.74, 6) is 0.224. The van der Waals surface area contributed by atoms with Gasteiger partial charge in [-0.3, -0.25) is 9.69 Å². The number of likely N-dealkylation sites (tertiary alicyclic amines) is 1. The first kappa shape index (κ1) is 15.4. The summed E-state index contributed by atoms with van der Waals surface area (Å²) in [6, 6.07) is -0.150. The fourth-order valence-corrected chi connectivity index (χ4v) is 2.36. The number of likely N-dealkylation sites (N-methyl/N-ethyl adjacent to an activating group) is 1. The average Bonchev–Trinajstić information content (AvgIpc) is 2.38. The number of nitrogens with two attached hydrogens (primary N) is 1. The third-order valence-corrected chi connectivity index (χ3v) is 3.59. The predicted molar refractivity (Wildman–Crippen MR) is 72.4 cm³/mol. The number of ether oxygens (including phenoxy) is 1. The van der Waals surface area contributed by atoms with Crippen LogP contribution in [0.1, 0.15) is 26.2 Å². The van der Waals surface area contributed by atoms with Gasteiger partial charge in [0.05, 0.1) is 12.6 Å². The molecule has 1 heterocycles. The van der Waals surface area contributed by atoms with Gasteiger partial charge in [0.2, 0.25) is 5.91 Å². The molecule has 0 aromatic heterocycles. The Morgan fingerprint density at radius 1 is 1.39 bits per heavy atom. The second-order valence-corrected chi connectivity index (χ2v) is 5.22. The Labute approximate surface area is 110 Å². The van der Waals surface area contributed by atoms with Crippen LogP contribution in [0, 0.1) is 0 Å². The van der Waals surface area contributed by atoms with Gasteiger partial charge in [-0.1, -0.05) is 0 Å². The van der Waals surface area contributed by atoms with E-state index >= 15 is 0 Å². The second-order valence-electron chi connectivity index (χ2n) is 5.22. The van der Waals surface area contributed by atoms with Gasteiger partial charge < -0.3 is 15.4 Å². The summed E-state index contributed by atoms with van der Waals surface area (Å²) in [5.41, 5.74) is 5.91. The third-order valence-electron chi connectivity index (χ3n) is 3.59. The zero-order valence-electron chi connectivity index (χ0n) is 11.9. The quantitative estimate of drug-likeness (QED) is 0.743. The van der Waals surface area contributed by atoms with Crippen molar-refractivity contribution in [2.45, 2.75) is 38.3 Å². The van der Waals surface area contributed by atoms with E-state index in [4.69, 9.17) is 10.5 Å². The molecule has 1 rings (SSSR count). The fraction of sp³-hybridized carbons (Fsp3) is 0.923. The first-order valence-corrected chi connectivity index (χ1v) is 6.79. The van der Waals surface area contributed by atoms with Crippen molar-refractivity contribution >= 4 is 5.91 Å². The van der Waals surface area contributed by atoms with Crippen LogP contribution in [0.5, 0.6) is 0 Å². The number of rotatable bonds is 6. The van der Waals surface area contributed by atoms with Gasteiger partial charge in [-0.2, -0.15) is 0 Å². The molecule has 2 atom stereocenters. The van der Waals surface area contributed by atoms with E-state index in [0.29, 0.717) is 13.2 Å². The van der Waals surface area contributed by atoms with Gasteiger partial charge in [-0.05, 0) is 33.2 Å². The van der Waals surface area contributed by atoms with Crippen molar-refractivity contribution in [1.29, 1.82) is 0 Å². The molecule has 1 fully saturated rings. The normalized spacial score (nSPS) is 19.9. The van der Waals surface area contributed by atoms with Crippen molar-refractivity contribution < 1.29 is 9.53 Å². The number of nitrogens with zero attached hydrogens (tertiary/aromatic N) is 2. The lowest BCUT2D eigenvalue weighted by atomic mass is 10.1. The summed E-state index contributed by atoms with van der Waals surface area (Å²) in [5, 5.41) is 0. The third kappa shape index (κ3) is 4.55.